The second-order valence-electron chi connectivity index (χ2n) is 6.61. The minimum Gasteiger partial charge on any atom is -0.486 e. The molecular formula is C18H26ClN3O3. The van der Waals surface area contributed by atoms with Crippen molar-refractivity contribution in [3.05, 3.63) is 22.7 Å². The molecule has 6 nitrogen and oxygen atoms in total. The molecule has 1 unspecified atom stereocenters. The quantitative estimate of drug-likeness (QED) is 0.618. The van der Waals surface area contributed by atoms with Gasteiger partial charge in [0.15, 0.2) is 17.5 Å². The highest BCUT2D eigenvalue weighted by atomic mass is 35.5. The minimum absolute atomic E-state index is 0.0963. The molecule has 7 heteroatoms. The van der Waals surface area contributed by atoms with Crippen LogP contribution in [0.4, 0.5) is 0 Å². The van der Waals surface area contributed by atoms with Gasteiger partial charge in [-0.2, -0.15) is 0 Å². The smallest absolute Gasteiger partial charge is 0.191 e. The maximum atomic E-state index is 6.28. The third-order valence-electron chi connectivity index (χ3n) is 4.52. The van der Waals surface area contributed by atoms with Crippen LogP contribution in [0.1, 0.15) is 25.3 Å². The van der Waals surface area contributed by atoms with Gasteiger partial charge in [0.05, 0.1) is 10.6 Å². The second-order valence-corrected chi connectivity index (χ2v) is 7.01. The van der Waals surface area contributed by atoms with E-state index in [0.29, 0.717) is 24.0 Å². The van der Waals surface area contributed by atoms with Crippen molar-refractivity contribution in [3.63, 3.8) is 0 Å². The molecular weight excluding hydrogens is 342 g/mol. The number of hydrogen-bond acceptors (Lipinski definition) is 4. The van der Waals surface area contributed by atoms with E-state index in [4.69, 9.17) is 25.8 Å². The number of ether oxygens (including phenoxy) is 3. The maximum absolute atomic E-state index is 6.28. The van der Waals surface area contributed by atoms with Gasteiger partial charge in [-0.1, -0.05) is 11.6 Å². The van der Waals surface area contributed by atoms with E-state index in [1.165, 1.54) is 0 Å². The third kappa shape index (κ3) is 4.70. The Balaban J connectivity index is 1.49. The molecule has 3 rings (SSSR count). The van der Waals surface area contributed by atoms with Gasteiger partial charge < -0.3 is 24.8 Å². The fourth-order valence-electron chi connectivity index (χ4n) is 3.10. The SMILES string of the molecule is CN=C(NCCc1cc(Cl)c2c(c1)OCCO2)NCC1(C)CCCO1. The highest BCUT2D eigenvalue weighted by Gasteiger charge is 2.29. The van der Waals surface area contributed by atoms with E-state index in [9.17, 15) is 0 Å². The summed E-state index contributed by atoms with van der Waals surface area (Å²) in [7, 11) is 1.77. The average Bonchev–Trinajstić information content (AvgIpc) is 3.05. The Kier molecular flexibility index (Phi) is 5.91. The van der Waals surface area contributed by atoms with Gasteiger partial charge in [0.2, 0.25) is 0 Å². The molecule has 1 fully saturated rings. The lowest BCUT2D eigenvalue weighted by Gasteiger charge is -2.24. The minimum atomic E-state index is -0.0963. The Hall–Kier alpha value is -1.66. The van der Waals surface area contributed by atoms with Crippen molar-refractivity contribution in [3.8, 4) is 11.5 Å². The first-order valence-corrected chi connectivity index (χ1v) is 9.14. The van der Waals surface area contributed by atoms with Crippen molar-refractivity contribution < 1.29 is 14.2 Å². The van der Waals surface area contributed by atoms with Gasteiger partial charge in [0.25, 0.3) is 0 Å². The van der Waals surface area contributed by atoms with Gasteiger partial charge in [-0.3, -0.25) is 4.99 Å². The number of hydrogen-bond donors (Lipinski definition) is 2. The summed E-state index contributed by atoms with van der Waals surface area (Å²) in [6.45, 7) is 5.57. The topological polar surface area (TPSA) is 64.1 Å². The zero-order valence-corrected chi connectivity index (χ0v) is 15.6. The standard InChI is InChI=1S/C18H26ClN3O3/c1-18(5-3-7-25-18)12-22-17(20-2)21-6-4-13-10-14(19)16-15(11-13)23-8-9-24-16/h10-11H,3-9,12H2,1-2H3,(H2,20,21,22). The van der Waals surface area contributed by atoms with Gasteiger partial charge in [0, 0.05) is 26.7 Å². The van der Waals surface area contributed by atoms with Crippen molar-refractivity contribution >= 4 is 17.6 Å². The number of aliphatic imine (C=N–C) groups is 1. The molecule has 1 aromatic carbocycles. The van der Waals surface area contributed by atoms with Crippen molar-refractivity contribution in [2.24, 2.45) is 4.99 Å². The maximum Gasteiger partial charge on any atom is 0.191 e. The highest BCUT2D eigenvalue weighted by molar-refractivity contribution is 6.32. The van der Waals surface area contributed by atoms with Crippen LogP contribution in [0.25, 0.3) is 0 Å². The Labute approximate surface area is 153 Å². The molecule has 1 atom stereocenters. The fourth-order valence-corrected chi connectivity index (χ4v) is 3.39. The van der Waals surface area contributed by atoms with E-state index in [-0.39, 0.29) is 5.60 Å². The summed E-state index contributed by atoms with van der Waals surface area (Å²) in [4.78, 5) is 4.27. The molecule has 2 N–H and O–H groups in total. The third-order valence-corrected chi connectivity index (χ3v) is 4.80. The Morgan fingerprint density at radius 1 is 1.24 bits per heavy atom. The van der Waals surface area contributed by atoms with E-state index in [1.54, 1.807) is 7.05 Å². The van der Waals surface area contributed by atoms with Crippen LogP contribution in [0.5, 0.6) is 11.5 Å². The molecule has 2 heterocycles. The molecule has 0 bridgehead atoms. The lowest BCUT2D eigenvalue weighted by molar-refractivity contribution is 0.0243. The molecule has 2 aliphatic rings. The molecule has 25 heavy (non-hydrogen) atoms. The van der Waals surface area contributed by atoms with Gasteiger partial charge in [-0.25, -0.2) is 0 Å². The number of nitrogens with zero attached hydrogens (tertiary/aromatic N) is 1. The fraction of sp³-hybridized carbons (Fsp3) is 0.611. The van der Waals surface area contributed by atoms with Crippen LogP contribution in [0.15, 0.2) is 17.1 Å². The molecule has 0 aromatic heterocycles. The summed E-state index contributed by atoms with van der Waals surface area (Å²) in [5.41, 5.74) is 1.00. The number of nitrogens with one attached hydrogen (secondary N) is 2. The van der Waals surface area contributed by atoms with Crippen molar-refractivity contribution in [1.82, 2.24) is 10.6 Å². The Morgan fingerprint density at radius 2 is 2.08 bits per heavy atom. The van der Waals surface area contributed by atoms with E-state index >= 15 is 0 Å². The summed E-state index contributed by atoms with van der Waals surface area (Å²) in [6, 6.07) is 3.92. The van der Waals surface area contributed by atoms with Crippen LogP contribution in [-0.4, -0.2) is 51.5 Å². The van der Waals surface area contributed by atoms with Crippen LogP contribution in [0.2, 0.25) is 5.02 Å². The highest BCUT2D eigenvalue weighted by Crippen LogP contribution is 2.38. The van der Waals surface area contributed by atoms with Crippen molar-refractivity contribution in [2.45, 2.75) is 31.8 Å². The van der Waals surface area contributed by atoms with Gasteiger partial charge in [-0.05, 0) is 43.9 Å². The summed E-state index contributed by atoms with van der Waals surface area (Å²) in [5, 5.41) is 7.27. The van der Waals surface area contributed by atoms with Crippen LogP contribution in [0, 0.1) is 0 Å². The van der Waals surface area contributed by atoms with Gasteiger partial charge in [-0.15, -0.1) is 0 Å². The molecule has 2 aliphatic heterocycles. The predicted molar refractivity (Wildman–Crippen MR) is 99.1 cm³/mol. The van der Waals surface area contributed by atoms with Crippen LogP contribution in [-0.2, 0) is 11.2 Å². The van der Waals surface area contributed by atoms with Crippen LogP contribution in [0.3, 0.4) is 0 Å². The summed E-state index contributed by atoms with van der Waals surface area (Å²) in [5.74, 6) is 2.15. The van der Waals surface area contributed by atoms with E-state index in [0.717, 1.165) is 56.2 Å². The number of halogens is 1. The van der Waals surface area contributed by atoms with Crippen molar-refractivity contribution in [2.75, 3.05) is 40.0 Å². The molecule has 0 saturated carbocycles. The normalized spacial score (nSPS) is 22.8. The van der Waals surface area contributed by atoms with Crippen molar-refractivity contribution in [1.29, 1.82) is 0 Å². The lowest BCUT2D eigenvalue weighted by Crippen LogP contribution is -2.45. The van der Waals surface area contributed by atoms with E-state index < -0.39 is 0 Å². The predicted octanol–water partition coefficient (Wildman–Crippen LogP) is 2.39. The van der Waals surface area contributed by atoms with Crippen LogP contribution >= 0.6 is 11.6 Å². The zero-order valence-electron chi connectivity index (χ0n) is 14.9. The summed E-state index contributed by atoms with van der Waals surface area (Å²) >= 11 is 6.28. The lowest BCUT2D eigenvalue weighted by atomic mass is 10.0. The number of benzene rings is 1. The largest absolute Gasteiger partial charge is 0.486 e. The molecule has 0 spiro atoms. The zero-order chi connectivity index (χ0) is 17.7. The molecule has 0 radical (unpaired) electrons. The average molecular weight is 368 g/mol. The van der Waals surface area contributed by atoms with Gasteiger partial charge >= 0.3 is 0 Å². The monoisotopic (exact) mass is 367 g/mol. The molecule has 1 saturated heterocycles. The first-order chi connectivity index (χ1) is 12.1. The molecule has 0 amide bonds. The Bertz CT molecular complexity index is 630. The molecule has 0 aliphatic carbocycles. The van der Waals surface area contributed by atoms with Gasteiger partial charge in [0.1, 0.15) is 13.2 Å². The Morgan fingerprint density at radius 3 is 2.84 bits per heavy atom. The summed E-state index contributed by atoms with van der Waals surface area (Å²) in [6.07, 6.45) is 3.01. The van der Waals surface area contributed by atoms with E-state index in [1.807, 2.05) is 12.1 Å². The summed E-state index contributed by atoms with van der Waals surface area (Å²) < 4.78 is 17.0. The number of fused-ring (bicyclic) bond motifs is 1. The molecule has 138 valence electrons. The molecule has 1 aromatic rings. The second kappa shape index (κ2) is 8.15. The first kappa shape index (κ1) is 18.1. The first-order valence-electron chi connectivity index (χ1n) is 8.76. The number of rotatable bonds is 5. The van der Waals surface area contributed by atoms with Crippen LogP contribution < -0.4 is 20.1 Å². The van der Waals surface area contributed by atoms with E-state index in [2.05, 4.69) is 22.5 Å². The number of guanidine groups is 1.